The van der Waals surface area contributed by atoms with Crippen molar-refractivity contribution >= 4 is 11.3 Å². The Morgan fingerprint density at radius 1 is 1.35 bits per heavy atom. The minimum Gasteiger partial charge on any atom is -0.497 e. The molecule has 1 aliphatic carbocycles. The quantitative estimate of drug-likeness (QED) is 0.844. The van der Waals surface area contributed by atoms with Crippen LogP contribution in [0.2, 0.25) is 0 Å². The van der Waals surface area contributed by atoms with Gasteiger partial charge in [-0.15, -0.1) is 11.3 Å². The van der Waals surface area contributed by atoms with Crippen molar-refractivity contribution in [3.05, 3.63) is 33.6 Å². The van der Waals surface area contributed by atoms with E-state index in [1.54, 1.807) is 18.4 Å². The molecule has 0 spiro atoms. The van der Waals surface area contributed by atoms with Crippen LogP contribution < -0.4 is 4.74 Å². The van der Waals surface area contributed by atoms with Crippen molar-refractivity contribution in [2.75, 3.05) is 7.11 Å². The van der Waals surface area contributed by atoms with Gasteiger partial charge in [0.15, 0.2) is 0 Å². The molecule has 0 aliphatic heterocycles. The molecular formula is C16H16N2OS. The zero-order valence-corrected chi connectivity index (χ0v) is 12.7. The minimum absolute atomic E-state index is 0.527. The Hall–Kier alpha value is -1.86. The molecular weight excluding hydrogens is 268 g/mol. The lowest BCUT2D eigenvalue weighted by Crippen LogP contribution is -2.13. The average Bonchev–Trinajstić information content (AvgIpc) is 2.92. The monoisotopic (exact) mass is 284 g/mol. The van der Waals surface area contributed by atoms with Crippen molar-refractivity contribution in [2.45, 2.75) is 32.1 Å². The molecule has 0 radical (unpaired) electrons. The third kappa shape index (κ3) is 1.99. The number of thiazole rings is 1. The standard InChI is InChI=1S/C16H16N2OS/c1-16(2,9-17)15-18-14-12-8-11(19-3)6-4-10(12)5-7-13(14)20-15/h4,6,8H,5,7H2,1-3H3. The molecule has 0 bridgehead atoms. The fourth-order valence-corrected chi connectivity index (χ4v) is 3.54. The minimum atomic E-state index is -0.527. The zero-order valence-electron chi connectivity index (χ0n) is 11.9. The summed E-state index contributed by atoms with van der Waals surface area (Å²) in [6.45, 7) is 3.84. The first-order valence-corrected chi connectivity index (χ1v) is 7.45. The fraction of sp³-hybridized carbons (Fsp3) is 0.375. The lowest BCUT2D eigenvalue weighted by molar-refractivity contribution is 0.415. The molecule has 0 saturated carbocycles. The first-order valence-electron chi connectivity index (χ1n) is 6.64. The smallest absolute Gasteiger partial charge is 0.119 e. The van der Waals surface area contributed by atoms with Crippen molar-refractivity contribution in [2.24, 2.45) is 0 Å². The first kappa shape index (κ1) is 13.1. The lowest BCUT2D eigenvalue weighted by atomic mass is 9.93. The van der Waals surface area contributed by atoms with Gasteiger partial charge in [0.05, 0.1) is 18.9 Å². The molecule has 3 rings (SSSR count). The molecule has 0 unspecified atom stereocenters. The summed E-state index contributed by atoms with van der Waals surface area (Å²) in [5.74, 6) is 0.852. The van der Waals surface area contributed by atoms with E-state index in [9.17, 15) is 5.26 Å². The summed E-state index contributed by atoms with van der Waals surface area (Å²) in [5, 5.41) is 10.2. The van der Waals surface area contributed by atoms with Crippen LogP contribution in [0.4, 0.5) is 0 Å². The number of hydrogen-bond donors (Lipinski definition) is 0. The molecule has 0 fully saturated rings. The Bertz CT molecular complexity index is 710. The number of nitriles is 1. The van der Waals surface area contributed by atoms with Crippen LogP contribution in [0.15, 0.2) is 18.2 Å². The molecule has 0 saturated heterocycles. The first-order chi connectivity index (χ1) is 9.55. The van der Waals surface area contributed by atoms with Crippen LogP contribution >= 0.6 is 11.3 Å². The SMILES string of the molecule is COc1ccc2c(c1)-c1nc(C(C)(C)C#N)sc1CC2. The van der Waals surface area contributed by atoms with E-state index in [-0.39, 0.29) is 0 Å². The Balaban J connectivity index is 2.15. The lowest BCUT2D eigenvalue weighted by Gasteiger charge is -2.15. The van der Waals surface area contributed by atoms with Gasteiger partial charge < -0.3 is 4.74 Å². The van der Waals surface area contributed by atoms with E-state index in [4.69, 9.17) is 9.72 Å². The summed E-state index contributed by atoms with van der Waals surface area (Å²) in [6, 6.07) is 8.50. The largest absolute Gasteiger partial charge is 0.497 e. The van der Waals surface area contributed by atoms with E-state index in [1.807, 2.05) is 19.9 Å². The van der Waals surface area contributed by atoms with Crippen molar-refractivity contribution in [3.8, 4) is 23.1 Å². The van der Waals surface area contributed by atoms with Crippen LogP contribution in [0.3, 0.4) is 0 Å². The molecule has 3 nitrogen and oxygen atoms in total. The van der Waals surface area contributed by atoms with Gasteiger partial charge in [0.25, 0.3) is 0 Å². The molecule has 0 atom stereocenters. The summed E-state index contributed by atoms with van der Waals surface area (Å²) in [5.41, 5.74) is 2.97. The van der Waals surface area contributed by atoms with Crippen LogP contribution in [0.25, 0.3) is 11.3 Å². The van der Waals surface area contributed by atoms with Crippen molar-refractivity contribution in [3.63, 3.8) is 0 Å². The number of ether oxygens (including phenoxy) is 1. The maximum absolute atomic E-state index is 9.28. The molecule has 1 aromatic heterocycles. The van der Waals surface area contributed by atoms with E-state index in [0.29, 0.717) is 0 Å². The molecule has 0 amide bonds. The number of rotatable bonds is 2. The van der Waals surface area contributed by atoms with Crippen LogP contribution in [-0.2, 0) is 18.3 Å². The van der Waals surface area contributed by atoms with Gasteiger partial charge in [-0.3, -0.25) is 0 Å². The second-order valence-electron chi connectivity index (χ2n) is 5.55. The number of hydrogen-bond acceptors (Lipinski definition) is 4. The summed E-state index contributed by atoms with van der Waals surface area (Å²) in [6.07, 6.45) is 2.04. The van der Waals surface area contributed by atoms with Crippen LogP contribution in [-0.4, -0.2) is 12.1 Å². The molecule has 1 heterocycles. The van der Waals surface area contributed by atoms with Gasteiger partial charge >= 0.3 is 0 Å². The van der Waals surface area contributed by atoms with Gasteiger partial charge in [-0.25, -0.2) is 4.98 Å². The van der Waals surface area contributed by atoms with Crippen LogP contribution in [0.1, 0.15) is 29.3 Å². The van der Waals surface area contributed by atoms with Gasteiger partial charge in [-0.05, 0) is 44.4 Å². The van der Waals surface area contributed by atoms with Crippen LogP contribution in [0.5, 0.6) is 5.75 Å². The molecule has 102 valence electrons. The van der Waals surface area contributed by atoms with Gasteiger partial charge in [-0.1, -0.05) is 6.07 Å². The summed E-state index contributed by atoms with van der Waals surface area (Å²) in [4.78, 5) is 6.03. The number of aromatic nitrogens is 1. The summed E-state index contributed by atoms with van der Waals surface area (Å²) in [7, 11) is 1.68. The molecule has 1 aliphatic rings. The molecule has 4 heteroatoms. The summed E-state index contributed by atoms with van der Waals surface area (Å²) < 4.78 is 5.31. The third-order valence-corrected chi connectivity index (χ3v) is 5.14. The predicted octanol–water partition coefficient (Wildman–Crippen LogP) is 3.72. The number of methoxy groups -OCH3 is 1. The second-order valence-corrected chi connectivity index (χ2v) is 6.63. The van der Waals surface area contributed by atoms with Crippen molar-refractivity contribution < 1.29 is 4.74 Å². The van der Waals surface area contributed by atoms with Crippen molar-refractivity contribution in [1.29, 1.82) is 5.26 Å². The van der Waals surface area contributed by atoms with E-state index < -0.39 is 5.41 Å². The maximum atomic E-state index is 9.28. The van der Waals surface area contributed by atoms with E-state index in [0.717, 1.165) is 34.9 Å². The number of benzene rings is 1. The topological polar surface area (TPSA) is 45.9 Å². The zero-order chi connectivity index (χ0) is 14.3. The highest BCUT2D eigenvalue weighted by Crippen LogP contribution is 2.40. The Morgan fingerprint density at radius 3 is 2.85 bits per heavy atom. The molecule has 1 aromatic carbocycles. The third-order valence-electron chi connectivity index (χ3n) is 3.71. The van der Waals surface area contributed by atoms with E-state index >= 15 is 0 Å². The highest BCUT2D eigenvalue weighted by Gasteiger charge is 2.29. The number of fused-ring (bicyclic) bond motifs is 3. The van der Waals surface area contributed by atoms with Gasteiger partial charge in [0.2, 0.25) is 0 Å². The Kier molecular flexibility index (Phi) is 3.02. The van der Waals surface area contributed by atoms with Gasteiger partial charge in [0, 0.05) is 10.4 Å². The number of aryl methyl sites for hydroxylation is 2. The van der Waals surface area contributed by atoms with E-state index in [2.05, 4.69) is 18.2 Å². The van der Waals surface area contributed by atoms with Crippen molar-refractivity contribution in [1.82, 2.24) is 4.98 Å². The van der Waals surface area contributed by atoms with Gasteiger partial charge in [0.1, 0.15) is 16.2 Å². The van der Waals surface area contributed by atoms with E-state index in [1.165, 1.54) is 10.4 Å². The average molecular weight is 284 g/mol. The molecule has 0 N–H and O–H groups in total. The fourth-order valence-electron chi connectivity index (χ4n) is 2.42. The highest BCUT2D eigenvalue weighted by atomic mass is 32.1. The molecule has 2 aromatic rings. The normalized spacial score (nSPS) is 13.3. The predicted molar refractivity (Wildman–Crippen MR) is 80.1 cm³/mol. The number of nitrogens with zero attached hydrogens (tertiary/aromatic N) is 2. The Morgan fingerprint density at radius 2 is 2.15 bits per heavy atom. The van der Waals surface area contributed by atoms with Crippen LogP contribution in [0, 0.1) is 11.3 Å². The second kappa shape index (κ2) is 4.60. The molecule has 20 heavy (non-hydrogen) atoms. The maximum Gasteiger partial charge on any atom is 0.119 e. The van der Waals surface area contributed by atoms with Gasteiger partial charge in [-0.2, -0.15) is 5.26 Å². The summed E-state index contributed by atoms with van der Waals surface area (Å²) >= 11 is 1.67. The highest BCUT2D eigenvalue weighted by molar-refractivity contribution is 7.12. The Labute approximate surface area is 122 Å².